The highest BCUT2D eigenvalue weighted by atomic mass is 16.2. The Hall–Kier alpha value is -2.04. The van der Waals surface area contributed by atoms with Crippen molar-refractivity contribution in [1.29, 1.82) is 0 Å². The lowest BCUT2D eigenvalue weighted by Gasteiger charge is -2.41. The number of piperidine rings is 1. The van der Waals surface area contributed by atoms with Crippen LogP contribution in [0.1, 0.15) is 39.2 Å². The van der Waals surface area contributed by atoms with E-state index in [1.54, 1.807) is 13.8 Å². The predicted molar refractivity (Wildman–Crippen MR) is 109 cm³/mol. The summed E-state index contributed by atoms with van der Waals surface area (Å²) in [5, 5.41) is 0. The minimum Gasteiger partial charge on any atom is -0.368 e. The van der Waals surface area contributed by atoms with E-state index >= 15 is 0 Å². The summed E-state index contributed by atoms with van der Waals surface area (Å²) in [5.41, 5.74) is 1.47. The van der Waals surface area contributed by atoms with Gasteiger partial charge in [-0.1, -0.05) is 19.1 Å². The van der Waals surface area contributed by atoms with Gasteiger partial charge in [-0.05, 0) is 57.2 Å². The van der Waals surface area contributed by atoms with Gasteiger partial charge in [-0.2, -0.15) is 0 Å². The molecule has 2 heterocycles. The molecule has 0 radical (unpaired) electrons. The molecule has 0 spiro atoms. The maximum atomic E-state index is 13.1. The lowest BCUT2D eigenvalue weighted by Crippen LogP contribution is -2.56. The molecule has 0 aliphatic carbocycles. The SMILES string of the molecule is Cc1cccc(N2CCN(C(=O)C(C)(C)C(=O)N3CCC(C)CC3)CC2)c1. The fourth-order valence-electron chi connectivity index (χ4n) is 4.09. The van der Waals surface area contributed by atoms with E-state index in [9.17, 15) is 9.59 Å². The van der Waals surface area contributed by atoms with Crippen LogP contribution in [-0.4, -0.2) is 60.9 Å². The van der Waals surface area contributed by atoms with Crippen molar-refractivity contribution in [3.63, 3.8) is 0 Å². The Bertz CT molecular complexity index is 685. The summed E-state index contributed by atoms with van der Waals surface area (Å²) in [6.45, 7) is 12.4. The van der Waals surface area contributed by atoms with Gasteiger partial charge in [-0.25, -0.2) is 0 Å². The first-order valence-electron chi connectivity index (χ1n) is 10.2. The van der Waals surface area contributed by atoms with Crippen molar-refractivity contribution < 1.29 is 9.59 Å². The van der Waals surface area contributed by atoms with Crippen LogP contribution in [-0.2, 0) is 9.59 Å². The average Bonchev–Trinajstić information content (AvgIpc) is 2.67. The minimum atomic E-state index is -0.980. The van der Waals surface area contributed by atoms with E-state index in [0.29, 0.717) is 19.0 Å². The average molecular weight is 372 g/mol. The zero-order valence-corrected chi connectivity index (χ0v) is 17.2. The van der Waals surface area contributed by atoms with Crippen LogP contribution in [0.3, 0.4) is 0 Å². The number of piperazine rings is 1. The fraction of sp³-hybridized carbons (Fsp3) is 0.636. The Morgan fingerprint density at radius 3 is 2.04 bits per heavy atom. The predicted octanol–water partition coefficient (Wildman–Crippen LogP) is 2.93. The minimum absolute atomic E-state index is 0.0134. The van der Waals surface area contributed by atoms with Crippen LogP contribution in [0.4, 0.5) is 5.69 Å². The largest absolute Gasteiger partial charge is 0.368 e. The summed E-state index contributed by atoms with van der Waals surface area (Å²) >= 11 is 0. The third-order valence-electron chi connectivity index (χ3n) is 6.07. The summed E-state index contributed by atoms with van der Waals surface area (Å²) in [6, 6.07) is 8.47. The highest BCUT2D eigenvalue weighted by Crippen LogP contribution is 2.27. The zero-order valence-electron chi connectivity index (χ0n) is 17.2. The molecule has 1 aromatic rings. The number of benzene rings is 1. The van der Waals surface area contributed by atoms with Gasteiger partial charge in [-0.3, -0.25) is 9.59 Å². The van der Waals surface area contributed by atoms with Crippen LogP contribution < -0.4 is 4.90 Å². The Labute approximate surface area is 163 Å². The van der Waals surface area contributed by atoms with Gasteiger partial charge >= 0.3 is 0 Å². The van der Waals surface area contributed by atoms with E-state index < -0.39 is 5.41 Å². The Balaban J connectivity index is 1.60. The molecule has 5 heteroatoms. The third kappa shape index (κ3) is 4.28. The molecule has 0 saturated carbocycles. The lowest BCUT2D eigenvalue weighted by molar-refractivity contribution is -0.155. The van der Waals surface area contributed by atoms with E-state index in [1.807, 2.05) is 9.80 Å². The first-order valence-corrected chi connectivity index (χ1v) is 10.2. The zero-order chi connectivity index (χ0) is 19.6. The molecule has 5 nitrogen and oxygen atoms in total. The van der Waals surface area contributed by atoms with Crippen LogP contribution in [0.25, 0.3) is 0 Å². The van der Waals surface area contributed by atoms with Gasteiger partial charge in [-0.15, -0.1) is 0 Å². The number of amides is 2. The molecule has 0 bridgehead atoms. The number of nitrogens with zero attached hydrogens (tertiary/aromatic N) is 3. The smallest absolute Gasteiger partial charge is 0.237 e. The Morgan fingerprint density at radius 2 is 1.48 bits per heavy atom. The van der Waals surface area contributed by atoms with Gasteiger partial charge in [0.2, 0.25) is 11.8 Å². The van der Waals surface area contributed by atoms with Gasteiger partial charge in [0.1, 0.15) is 5.41 Å². The summed E-state index contributed by atoms with van der Waals surface area (Å²) < 4.78 is 0. The van der Waals surface area contributed by atoms with Crippen molar-refractivity contribution in [2.24, 2.45) is 11.3 Å². The Kier molecular flexibility index (Phi) is 5.78. The van der Waals surface area contributed by atoms with Crippen molar-refractivity contribution in [1.82, 2.24) is 9.80 Å². The van der Waals surface area contributed by atoms with Crippen molar-refractivity contribution in [3.05, 3.63) is 29.8 Å². The van der Waals surface area contributed by atoms with E-state index in [-0.39, 0.29) is 11.8 Å². The van der Waals surface area contributed by atoms with E-state index in [2.05, 4.69) is 43.0 Å². The number of carbonyl (C=O) groups is 2. The number of aryl methyl sites for hydroxylation is 1. The molecule has 27 heavy (non-hydrogen) atoms. The first kappa shape index (κ1) is 19.7. The van der Waals surface area contributed by atoms with Crippen LogP contribution in [0, 0.1) is 18.3 Å². The number of rotatable bonds is 3. The van der Waals surface area contributed by atoms with Gasteiger partial charge in [0.25, 0.3) is 0 Å². The highest BCUT2D eigenvalue weighted by molar-refractivity contribution is 6.04. The molecular formula is C22H33N3O2. The number of carbonyl (C=O) groups excluding carboxylic acids is 2. The van der Waals surface area contributed by atoms with E-state index in [4.69, 9.17) is 0 Å². The standard InChI is InChI=1S/C22H33N3O2/c1-17-8-10-24(11-9-17)20(26)22(3,4)21(27)25-14-12-23(13-15-25)19-7-5-6-18(2)16-19/h5-7,16-17H,8-15H2,1-4H3. The molecule has 2 fully saturated rings. The third-order valence-corrected chi connectivity index (χ3v) is 6.07. The monoisotopic (exact) mass is 371 g/mol. The Morgan fingerprint density at radius 1 is 0.926 bits per heavy atom. The second-order valence-corrected chi connectivity index (χ2v) is 8.72. The van der Waals surface area contributed by atoms with Crippen LogP contribution >= 0.6 is 0 Å². The molecule has 0 N–H and O–H groups in total. The summed E-state index contributed by atoms with van der Waals surface area (Å²) in [7, 11) is 0. The highest BCUT2D eigenvalue weighted by Gasteiger charge is 2.42. The second-order valence-electron chi connectivity index (χ2n) is 8.72. The molecule has 2 saturated heterocycles. The molecule has 0 atom stereocenters. The molecule has 1 aromatic carbocycles. The first-order chi connectivity index (χ1) is 12.8. The molecule has 0 aromatic heterocycles. The van der Waals surface area contributed by atoms with Gasteiger partial charge < -0.3 is 14.7 Å². The summed E-state index contributed by atoms with van der Waals surface area (Å²) in [5.74, 6) is 0.623. The normalized spacial score (nSPS) is 19.3. The molecule has 148 valence electrons. The molecule has 3 rings (SSSR count). The van der Waals surface area contributed by atoms with Gasteiger partial charge in [0.15, 0.2) is 0 Å². The molecule has 0 unspecified atom stereocenters. The molecule has 2 aliphatic rings. The van der Waals surface area contributed by atoms with Gasteiger partial charge in [0, 0.05) is 45.0 Å². The maximum Gasteiger partial charge on any atom is 0.237 e. The number of hydrogen-bond acceptors (Lipinski definition) is 3. The summed E-state index contributed by atoms with van der Waals surface area (Å²) in [4.78, 5) is 32.2. The molecular weight excluding hydrogens is 338 g/mol. The summed E-state index contributed by atoms with van der Waals surface area (Å²) in [6.07, 6.45) is 2.07. The number of hydrogen-bond donors (Lipinski definition) is 0. The quantitative estimate of drug-likeness (QED) is 0.768. The number of anilines is 1. The van der Waals surface area contributed by atoms with Crippen molar-refractivity contribution >= 4 is 17.5 Å². The maximum absolute atomic E-state index is 13.1. The number of likely N-dealkylation sites (tertiary alicyclic amines) is 1. The second kappa shape index (κ2) is 7.91. The van der Waals surface area contributed by atoms with Crippen molar-refractivity contribution in [2.75, 3.05) is 44.2 Å². The van der Waals surface area contributed by atoms with Crippen molar-refractivity contribution in [2.45, 2.75) is 40.5 Å². The van der Waals surface area contributed by atoms with Gasteiger partial charge in [0.05, 0.1) is 0 Å². The lowest BCUT2D eigenvalue weighted by atomic mass is 9.87. The molecule has 2 amide bonds. The van der Waals surface area contributed by atoms with Crippen LogP contribution in [0.15, 0.2) is 24.3 Å². The van der Waals surface area contributed by atoms with Crippen LogP contribution in [0.2, 0.25) is 0 Å². The molecule has 2 aliphatic heterocycles. The van der Waals surface area contributed by atoms with Crippen LogP contribution in [0.5, 0.6) is 0 Å². The van der Waals surface area contributed by atoms with E-state index in [0.717, 1.165) is 39.0 Å². The topological polar surface area (TPSA) is 43.9 Å². The van der Waals surface area contributed by atoms with E-state index in [1.165, 1.54) is 11.3 Å². The fourth-order valence-corrected chi connectivity index (χ4v) is 4.09. The van der Waals surface area contributed by atoms with Crippen molar-refractivity contribution in [3.8, 4) is 0 Å².